The molecule has 2 aromatic heterocycles. The summed E-state index contributed by atoms with van der Waals surface area (Å²) < 4.78 is 2.30. The van der Waals surface area contributed by atoms with E-state index >= 15 is 0 Å². The van der Waals surface area contributed by atoms with Gasteiger partial charge < -0.3 is 0 Å². The average Bonchev–Trinajstić information content (AvgIpc) is 3.50. The first-order chi connectivity index (χ1) is 15.8. The van der Waals surface area contributed by atoms with Crippen LogP contribution in [0.4, 0.5) is 0 Å². The second-order valence-electron chi connectivity index (χ2n) is 7.43. The van der Waals surface area contributed by atoms with E-state index in [0.29, 0.717) is 6.42 Å². The molecular weight excluding hydrogens is 451 g/mol. The van der Waals surface area contributed by atoms with Crippen molar-refractivity contribution in [3.63, 3.8) is 0 Å². The van der Waals surface area contributed by atoms with Crippen LogP contribution in [-0.2, 0) is 0 Å². The number of nitrogens with zero attached hydrogens (tertiary/aromatic N) is 1. The maximum Gasteiger partial charge on any atom is 0.172 e. The van der Waals surface area contributed by atoms with Crippen molar-refractivity contribution in [3.8, 4) is 21.6 Å². The molecule has 0 unspecified atom stereocenters. The third kappa shape index (κ3) is 4.85. The molecule has 0 saturated carbocycles. The number of hydrogen-bond acceptors (Lipinski definition) is 5. The molecule has 0 spiro atoms. The van der Waals surface area contributed by atoms with Crippen LogP contribution in [0, 0.1) is 0 Å². The molecule has 0 bridgehead atoms. The zero-order valence-corrected chi connectivity index (χ0v) is 19.8. The predicted octanol–water partition coefficient (Wildman–Crippen LogP) is 8.45. The van der Waals surface area contributed by atoms with Crippen LogP contribution in [0.3, 0.4) is 0 Å². The van der Waals surface area contributed by atoms with Crippen LogP contribution in [0.25, 0.3) is 31.8 Å². The summed E-state index contributed by atoms with van der Waals surface area (Å²) in [7, 11) is 0. The fourth-order valence-corrected chi connectivity index (χ4v) is 6.59. The largest absolute Gasteiger partial charge is 0.293 e. The van der Waals surface area contributed by atoms with Gasteiger partial charge in [0.25, 0.3) is 0 Å². The molecule has 5 heteroatoms. The summed E-state index contributed by atoms with van der Waals surface area (Å²) >= 11 is 5.05. The summed E-state index contributed by atoms with van der Waals surface area (Å²) in [5, 5.41) is 0. The fraction of sp³-hybridized carbons (Fsp3) is 0.111. The Morgan fingerprint density at radius 3 is 2.28 bits per heavy atom. The van der Waals surface area contributed by atoms with E-state index in [-0.39, 0.29) is 5.78 Å². The smallest absolute Gasteiger partial charge is 0.172 e. The standard InChI is InChI=1S/C27H21NOS3/c29-23(10-6-18-30-27-28-22-9-4-5-11-25(22)32-27)26-17-16-24(31-26)21-14-12-20(13-15-21)19-7-2-1-3-8-19/h1-5,7-9,11-17H,6,10,18H2. The molecule has 0 amide bonds. The monoisotopic (exact) mass is 471 g/mol. The van der Waals surface area contributed by atoms with Crippen molar-refractivity contribution in [2.45, 2.75) is 17.2 Å². The van der Waals surface area contributed by atoms with Crippen LogP contribution >= 0.6 is 34.4 Å². The minimum Gasteiger partial charge on any atom is -0.293 e. The minimum absolute atomic E-state index is 0.229. The molecule has 0 saturated heterocycles. The van der Waals surface area contributed by atoms with Crippen molar-refractivity contribution in [1.29, 1.82) is 0 Å². The number of ketones is 1. The van der Waals surface area contributed by atoms with Gasteiger partial charge in [-0.25, -0.2) is 4.98 Å². The molecule has 0 atom stereocenters. The zero-order valence-electron chi connectivity index (χ0n) is 17.4. The van der Waals surface area contributed by atoms with Gasteiger partial charge in [-0.15, -0.1) is 22.7 Å². The molecule has 5 aromatic rings. The first kappa shape index (κ1) is 21.1. The van der Waals surface area contributed by atoms with Gasteiger partial charge in [-0.2, -0.15) is 0 Å². The molecule has 158 valence electrons. The average molecular weight is 472 g/mol. The first-order valence-corrected chi connectivity index (χ1v) is 13.2. The maximum absolute atomic E-state index is 12.7. The number of fused-ring (bicyclic) bond motifs is 1. The highest BCUT2D eigenvalue weighted by Gasteiger charge is 2.11. The summed E-state index contributed by atoms with van der Waals surface area (Å²) in [4.78, 5) is 19.3. The molecule has 0 aliphatic carbocycles. The molecule has 32 heavy (non-hydrogen) atoms. The van der Waals surface area contributed by atoms with E-state index in [4.69, 9.17) is 0 Å². The molecule has 0 N–H and O–H groups in total. The quantitative estimate of drug-likeness (QED) is 0.129. The van der Waals surface area contributed by atoms with E-state index in [2.05, 4.69) is 65.6 Å². The van der Waals surface area contributed by atoms with Gasteiger partial charge in [0.05, 0.1) is 15.1 Å². The number of benzene rings is 3. The Morgan fingerprint density at radius 2 is 1.47 bits per heavy atom. The number of thioether (sulfide) groups is 1. The molecule has 2 heterocycles. The highest BCUT2D eigenvalue weighted by molar-refractivity contribution is 8.01. The van der Waals surface area contributed by atoms with Crippen LogP contribution < -0.4 is 0 Å². The number of carbonyl (C=O) groups excluding carboxylic acids is 1. The normalized spacial score (nSPS) is 11.1. The van der Waals surface area contributed by atoms with Crippen LogP contribution in [0.1, 0.15) is 22.5 Å². The molecule has 0 fully saturated rings. The summed E-state index contributed by atoms with van der Waals surface area (Å²) in [5.41, 5.74) is 4.62. The third-order valence-corrected chi connectivity index (χ3v) is 8.65. The Bertz CT molecular complexity index is 1300. The highest BCUT2D eigenvalue weighted by Crippen LogP contribution is 2.32. The van der Waals surface area contributed by atoms with Crippen molar-refractivity contribution in [2.75, 3.05) is 5.75 Å². The van der Waals surface area contributed by atoms with E-state index < -0.39 is 0 Å². The Balaban J connectivity index is 1.16. The molecular formula is C27H21NOS3. The van der Waals surface area contributed by atoms with E-state index in [1.54, 1.807) is 34.4 Å². The lowest BCUT2D eigenvalue weighted by atomic mass is 10.0. The van der Waals surface area contributed by atoms with Gasteiger partial charge in [-0.05, 0) is 47.4 Å². The van der Waals surface area contributed by atoms with Gasteiger partial charge >= 0.3 is 0 Å². The van der Waals surface area contributed by atoms with Gasteiger partial charge in [0.15, 0.2) is 10.1 Å². The fourth-order valence-electron chi connectivity index (χ4n) is 3.53. The van der Waals surface area contributed by atoms with Crippen LogP contribution in [-0.4, -0.2) is 16.5 Å². The summed E-state index contributed by atoms with van der Waals surface area (Å²) in [6.45, 7) is 0. The molecule has 0 aliphatic rings. The van der Waals surface area contributed by atoms with Crippen molar-refractivity contribution >= 4 is 50.4 Å². The lowest BCUT2D eigenvalue weighted by Gasteiger charge is -2.03. The van der Waals surface area contributed by atoms with Gasteiger partial charge in [0.2, 0.25) is 0 Å². The Morgan fingerprint density at radius 1 is 0.750 bits per heavy atom. The van der Waals surface area contributed by atoms with Gasteiger partial charge in [0.1, 0.15) is 0 Å². The number of hydrogen-bond donors (Lipinski definition) is 0. The lowest BCUT2D eigenvalue weighted by Crippen LogP contribution is -1.96. The number of thiophene rings is 1. The van der Waals surface area contributed by atoms with E-state index in [0.717, 1.165) is 37.3 Å². The second kappa shape index (κ2) is 9.82. The summed E-state index contributed by atoms with van der Waals surface area (Å²) in [6, 6.07) is 31.2. The van der Waals surface area contributed by atoms with Crippen LogP contribution in [0.5, 0.6) is 0 Å². The summed E-state index contributed by atoms with van der Waals surface area (Å²) in [5.74, 6) is 1.14. The number of para-hydroxylation sites is 1. The first-order valence-electron chi connectivity index (χ1n) is 10.5. The minimum atomic E-state index is 0.229. The Labute approximate surface area is 200 Å². The number of rotatable bonds is 8. The zero-order chi connectivity index (χ0) is 21.8. The Kier molecular flexibility index (Phi) is 6.49. The van der Waals surface area contributed by atoms with E-state index in [9.17, 15) is 4.79 Å². The van der Waals surface area contributed by atoms with E-state index in [1.165, 1.54) is 15.8 Å². The molecule has 5 rings (SSSR count). The van der Waals surface area contributed by atoms with Crippen molar-refractivity contribution in [1.82, 2.24) is 4.98 Å². The predicted molar refractivity (Wildman–Crippen MR) is 139 cm³/mol. The highest BCUT2D eigenvalue weighted by atomic mass is 32.2. The van der Waals surface area contributed by atoms with Crippen molar-refractivity contribution in [3.05, 3.63) is 95.9 Å². The maximum atomic E-state index is 12.7. The van der Waals surface area contributed by atoms with Gasteiger partial charge in [-0.1, -0.05) is 78.5 Å². The lowest BCUT2D eigenvalue weighted by molar-refractivity contribution is 0.0986. The molecule has 0 aliphatic heterocycles. The number of thiazole rings is 1. The number of carbonyl (C=O) groups is 1. The summed E-state index contributed by atoms with van der Waals surface area (Å²) in [6.07, 6.45) is 1.43. The molecule has 3 aromatic carbocycles. The van der Waals surface area contributed by atoms with E-state index in [1.807, 2.05) is 30.3 Å². The van der Waals surface area contributed by atoms with Gasteiger partial charge in [0, 0.05) is 17.1 Å². The molecule has 2 nitrogen and oxygen atoms in total. The third-order valence-electron chi connectivity index (χ3n) is 5.21. The number of aromatic nitrogens is 1. The number of Topliss-reactive ketones (excluding diaryl/α,β-unsaturated/α-hetero) is 1. The SMILES string of the molecule is O=C(CCCSc1nc2ccccc2s1)c1ccc(-c2ccc(-c3ccccc3)cc2)s1. The molecule has 0 radical (unpaired) electrons. The Hall–Kier alpha value is -2.73. The topological polar surface area (TPSA) is 30.0 Å². The van der Waals surface area contributed by atoms with Crippen molar-refractivity contribution < 1.29 is 4.79 Å². The van der Waals surface area contributed by atoms with Crippen LogP contribution in [0.15, 0.2) is 95.3 Å². The van der Waals surface area contributed by atoms with Crippen molar-refractivity contribution in [2.24, 2.45) is 0 Å². The van der Waals surface area contributed by atoms with Gasteiger partial charge in [-0.3, -0.25) is 4.79 Å². The second-order valence-corrected chi connectivity index (χ2v) is 10.9. The van der Waals surface area contributed by atoms with Crippen LogP contribution in [0.2, 0.25) is 0 Å².